The molecule has 0 radical (unpaired) electrons. The molecule has 1 aromatic rings. The summed E-state index contributed by atoms with van der Waals surface area (Å²) >= 11 is 0. The van der Waals surface area contributed by atoms with Gasteiger partial charge in [0.25, 0.3) is 11.8 Å². The highest BCUT2D eigenvalue weighted by Crippen LogP contribution is 2.28. The lowest BCUT2D eigenvalue weighted by atomic mass is 10.0. The van der Waals surface area contributed by atoms with Gasteiger partial charge >= 0.3 is 0 Å². The largest absolute Gasteiger partial charge is 0.493 e. The van der Waals surface area contributed by atoms with E-state index in [-0.39, 0.29) is 11.8 Å². The topological polar surface area (TPSA) is 106 Å². The van der Waals surface area contributed by atoms with Crippen molar-refractivity contribution in [3.8, 4) is 11.5 Å². The average molecular weight is 393 g/mol. The van der Waals surface area contributed by atoms with Crippen LogP contribution in [0.5, 0.6) is 11.5 Å². The zero-order valence-electron chi connectivity index (χ0n) is 17.4. The molecule has 156 valence electrons. The number of hydrogen-bond acceptors (Lipinski definition) is 5. The molecule has 3 N–H and O–H groups in total. The van der Waals surface area contributed by atoms with Crippen LogP contribution in [-0.2, 0) is 9.59 Å². The van der Waals surface area contributed by atoms with Gasteiger partial charge in [0.15, 0.2) is 11.5 Å². The van der Waals surface area contributed by atoms with Crippen LogP contribution in [0.1, 0.15) is 51.4 Å². The fourth-order valence-corrected chi connectivity index (χ4v) is 2.35. The number of methoxy groups -OCH3 is 1. The van der Waals surface area contributed by atoms with Crippen LogP contribution in [0.3, 0.4) is 0 Å². The summed E-state index contributed by atoms with van der Waals surface area (Å²) in [5.41, 5.74) is 4.99. The lowest BCUT2D eigenvalue weighted by molar-refractivity contribution is -0.129. The van der Waals surface area contributed by atoms with Gasteiger partial charge in [-0.2, -0.15) is 0 Å². The third-order valence-corrected chi connectivity index (χ3v) is 3.99. The van der Waals surface area contributed by atoms with E-state index in [1.807, 2.05) is 0 Å². The predicted octanol–water partition coefficient (Wildman–Crippen LogP) is 2.04. The Morgan fingerprint density at radius 2 is 1.71 bits per heavy atom. The molecule has 0 saturated carbocycles. The fraction of sp³-hybridized carbons (Fsp3) is 0.550. The zero-order chi connectivity index (χ0) is 21.3. The third-order valence-electron chi connectivity index (χ3n) is 3.99. The van der Waals surface area contributed by atoms with Gasteiger partial charge in [-0.05, 0) is 36.5 Å². The van der Waals surface area contributed by atoms with E-state index in [2.05, 4.69) is 30.0 Å². The second kappa shape index (κ2) is 11.2. The van der Waals surface area contributed by atoms with E-state index in [1.54, 1.807) is 32.0 Å². The molecule has 0 aliphatic rings. The van der Waals surface area contributed by atoms with E-state index in [9.17, 15) is 14.4 Å². The van der Waals surface area contributed by atoms with E-state index >= 15 is 0 Å². The van der Waals surface area contributed by atoms with E-state index in [0.29, 0.717) is 29.6 Å². The molecule has 1 aromatic carbocycles. The molecular weight excluding hydrogens is 362 g/mol. The molecular formula is C20H31N3O5. The zero-order valence-corrected chi connectivity index (χ0v) is 17.4. The van der Waals surface area contributed by atoms with Crippen LogP contribution in [-0.4, -0.2) is 37.5 Å². The number of hydrazine groups is 1. The minimum absolute atomic E-state index is 0.136. The number of hydrogen-bond donors (Lipinski definition) is 3. The summed E-state index contributed by atoms with van der Waals surface area (Å²) in [6, 6.07) is 4.04. The maximum atomic E-state index is 12.3. The number of nitrogens with one attached hydrogen (secondary N) is 3. The number of rotatable bonds is 9. The summed E-state index contributed by atoms with van der Waals surface area (Å²) in [6.45, 7) is 9.69. The maximum Gasteiger partial charge on any atom is 0.269 e. The summed E-state index contributed by atoms with van der Waals surface area (Å²) < 4.78 is 11.0. The first-order valence-corrected chi connectivity index (χ1v) is 9.33. The van der Waals surface area contributed by atoms with Crippen LogP contribution in [0.2, 0.25) is 0 Å². The average Bonchev–Trinajstić information content (AvgIpc) is 2.63. The molecule has 0 fully saturated rings. The summed E-state index contributed by atoms with van der Waals surface area (Å²) in [5, 5.41) is 2.56. The number of carbonyl (C=O) groups is 3. The van der Waals surface area contributed by atoms with Crippen molar-refractivity contribution >= 4 is 17.7 Å². The van der Waals surface area contributed by atoms with Gasteiger partial charge in [-0.3, -0.25) is 25.2 Å². The van der Waals surface area contributed by atoms with Crippen molar-refractivity contribution in [1.82, 2.24) is 16.2 Å². The molecule has 8 heteroatoms. The van der Waals surface area contributed by atoms with Gasteiger partial charge in [0, 0.05) is 12.5 Å². The van der Waals surface area contributed by atoms with Crippen LogP contribution < -0.4 is 25.6 Å². The summed E-state index contributed by atoms with van der Waals surface area (Å²) in [6.07, 6.45) is 0.905. The van der Waals surface area contributed by atoms with Crippen LogP contribution in [0.25, 0.3) is 0 Å². The highest BCUT2D eigenvalue weighted by molar-refractivity contribution is 5.96. The Morgan fingerprint density at radius 3 is 2.25 bits per heavy atom. The van der Waals surface area contributed by atoms with Gasteiger partial charge in [0.05, 0.1) is 13.7 Å². The predicted molar refractivity (Wildman–Crippen MR) is 106 cm³/mol. The second-order valence-corrected chi connectivity index (χ2v) is 7.26. The molecule has 0 bridgehead atoms. The lowest BCUT2D eigenvalue weighted by Gasteiger charge is -2.21. The summed E-state index contributed by atoms with van der Waals surface area (Å²) in [7, 11) is 1.49. The van der Waals surface area contributed by atoms with E-state index < -0.39 is 17.9 Å². The molecule has 0 saturated heterocycles. The maximum absolute atomic E-state index is 12.3. The fourth-order valence-electron chi connectivity index (χ4n) is 2.35. The minimum Gasteiger partial charge on any atom is -0.493 e. The van der Waals surface area contributed by atoms with Gasteiger partial charge < -0.3 is 14.8 Å². The third kappa shape index (κ3) is 7.46. The smallest absolute Gasteiger partial charge is 0.269 e. The molecule has 0 aliphatic heterocycles. The molecule has 28 heavy (non-hydrogen) atoms. The van der Waals surface area contributed by atoms with E-state index in [1.165, 1.54) is 14.0 Å². The summed E-state index contributed by atoms with van der Waals surface area (Å²) in [4.78, 5) is 35.8. The Labute approximate surface area is 166 Å². The Balaban J connectivity index is 2.73. The Kier molecular flexibility index (Phi) is 9.27. The highest BCUT2D eigenvalue weighted by Gasteiger charge is 2.23. The minimum atomic E-state index is -0.746. The SMILES string of the molecule is COc1cc(C(=O)NNC(=O)[C@@H](NC(C)=O)C(C)C)ccc1OCCC(C)C. The standard InChI is InChI=1S/C20H31N3O5/c1-12(2)9-10-28-16-8-7-15(11-17(16)27-6)19(25)22-23-20(26)18(13(3)4)21-14(5)24/h7-8,11-13,18H,9-10H2,1-6H3,(H,21,24)(H,22,25)(H,23,26)/t18-/m0/s1. The highest BCUT2D eigenvalue weighted by atomic mass is 16.5. The van der Waals surface area contributed by atoms with Crippen LogP contribution in [0, 0.1) is 11.8 Å². The first kappa shape index (κ1) is 23.3. The summed E-state index contributed by atoms with van der Waals surface area (Å²) in [5.74, 6) is 0.0353. The van der Waals surface area contributed by atoms with Gasteiger partial charge in [0.1, 0.15) is 6.04 Å². The van der Waals surface area contributed by atoms with E-state index in [0.717, 1.165) is 6.42 Å². The van der Waals surface area contributed by atoms with Gasteiger partial charge in [-0.25, -0.2) is 0 Å². The van der Waals surface area contributed by atoms with Gasteiger partial charge in [-0.15, -0.1) is 0 Å². The van der Waals surface area contributed by atoms with Crippen molar-refractivity contribution in [2.75, 3.05) is 13.7 Å². The Hall–Kier alpha value is -2.77. The van der Waals surface area contributed by atoms with Crippen molar-refractivity contribution < 1.29 is 23.9 Å². The van der Waals surface area contributed by atoms with Crippen molar-refractivity contribution in [2.45, 2.75) is 47.1 Å². The van der Waals surface area contributed by atoms with Gasteiger partial charge in [0.2, 0.25) is 5.91 Å². The molecule has 8 nitrogen and oxygen atoms in total. The Bertz CT molecular complexity index is 688. The van der Waals surface area contributed by atoms with Crippen molar-refractivity contribution in [3.63, 3.8) is 0 Å². The molecule has 0 aromatic heterocycles. The van der Waals surface area contributed by atoms with Crippen LogP contribution in [0.4, 0.5) is 0 Å². The van der Waals surface area contributed by atoms with Crippen LogP contribution in [0.15, 0.2) is 18.2 Å². The van der Waals surface area contributed by atoms with Crippen molar-refractivity contribution in [1.29, 1.82) is 0 Å². The Morgan fingerprint density at radius 1 is 1.04 bits per heavy atom. The first-order chi connectivity index (χ1) is 13.1. The molecule has 0 aliphatic carbocycles. The first-order valence-electron chi connectivity index (χ1n) is 9.33. The number of benzene rings is 1. The lowest BCUT2D eigenvalue weighted by Crippen LogP contribution is -2.54. The van der Waals surface area contributed by atoms with Crippen molar-refractivity contribution in [2.24, 2.45) is 11.8 Å². The molecule has 3 amide bonds. The normalized spacial score (nSPS) is 11.7. The monoisotopic (exact) mass is 393 g/mol. The molecule has 1 atom stereocenters. The van der Waals surface area contributed by atoms with Crippen molar-refractivity contribution in [3.05, 3.63) is 23.8 Å². The quantitative estimate of drug-likeness (QED) is 0.557. The number of amides is 3. The molecule has 0 heterocycles. The number of ether oxygens (including phenoxy) is 2. The molecule has 0 unspecified atom stereocenters. The number of carbonyl (C=O) groups excluding carboxylic acids is 3. The van der Waals surface area contributed by atoms with E-state index in [4.69, 9.17) is 9.47 Å². The van der Waals surface area contributed by atoms with Crippen LogP contribution >= 0.6 is 0 Å². The molecule has 0 spiro atoms. The molecule has 1 rings (SSSR count). The second-order valence-electron chi connectivity index (χ2n) is 7.26. The van der Waals surface area contributed by atoms with Gasteiger partial charge in [-0.1, -0.05) is 27.7 Å².